The van der Waals surface area contributed by atoms with E-state index >= 15 is 0 Å². The highest BCUT2D eigenvalue weighted by Gasteiger charge is 2.12. The predicted octanol–water partition coefficient (Wildman–Crippen LogP) is 3.91. The Morgan fingerprint density at radius 3 is 2.50 bits per heavy atom. The number of hydrogen-bond donors (Lipinski definition) is 1. The van der Waals surface area contributed by atoms with Gasteiger partial charge in [0.15, 0.2) is 5.78 Å². The highest BCUT2D eigenvalue weighted by molar-refractivity contribution is 5.99. The molecular weight excluding hydrogens is 252 g/mol. The van der Waals surface area contributed by atoms with Gasteiger partial charge in [0, 0.05) is 12.0 Å². The third-order valence-electron chi connectivity index (χ3n) is 3.53. The van der Waals surface area contributed by atoms with Crippen LogP contribution < -0.4 is 0 Å². The smallest absolute Gasteiger partial charge is 0.306 e. The number of hydrogen-bond acceptors (Lipinski definition) is 2. The first-order chi connectivity index (χ1) is 9.58. The van der Waals surface area contributed by atoms with Crippen molar-refractivity contribution in [3.63, 3.8) is 0 Å². The van der Waals surface area contributed by atoms with Crippen LogP contribution in [0.3, 0.4) is 0 Å². The Balaban J connectivity index is 1.99. The normalized spacial score (nSPS) is 12.2. The fourth-order valence-electron chi connectivity index (χ4n) is 2.20. The predicted molar refractivity (Wildman–Crippen MR) is 78.9 cm³/mol. The maximum absolute atomic E-state index is 12.1. The number of benzene rings is 2. The summed E-state index contributed by atoms with van der Waals surface area (Å²) in [6, 6.07) is 13.6. The van der Waals surface area contributed by atoms with Gasteiger partial charge < -0.3 is 5.11 Å². The molecule has 0 bridgehead atoms. The SMILES string of the molecule is C[C@H](CCCC(=O)c1ccc2ccccc2c1)C(=O)O. The summed E-state index contributed by atoms with van der Waals surface area (Å²) in [5.74, 6) is -1.11. The van der Waals surface area contributed by atoms with Crippen LogP contribution in [0.4, 0.5) is 0 Å². The largest absolute Gasteiger partial charge is 0.481 e. The average Bonchev–Trinajstić information content (AvgIpc) is 2.46. The van der Waals surface area contributed by atoms with E-state index in [1.807, 2.05) is 42.5 Å². The van der Waals surface area contributed by atoms with E-state index in [1.54, 1.807) is 6.92 Å². The third-order valence-corrected chi connectivity index (χ3v) is 3.53. The molecule has 2 aromatic rings. The maximum Gasteiger partial charge on any atom is 0.306 e. The molecule has 0 saturated heterocycles. The number of rotatable bonds is 6. The van der Waals surface area contributed by atoms with Gasteiger partial charge in [-0.05, 0) is 29.7 Å². The maximum atomic E-state index is 12.1. The molecule has 3 heteroatoms. The molecule has 0 saturated carbocycles. The summed E-state index contributed by atoms with van der Waals surface area (Å²) in [5.41, 5.74) is 0.701. The van der Waals surface area contributed by atoms with Crippen LogP contribution in [0.5, 0.6) is 0 Å². The van der Waals surface area contributed by atoms with Gasteiger partial charge in [-0.25, -0.2) is 0 Å². The second-order valence-corrected chi connectivity index (χ2v) is 5.12. The Kier molecular flexibility index (Phi) is 4.51. The molecule has 0 unspecified atom stereocenters. The van der Waals surface area contributed by atoms with Gasteiger partial charge in [-0.3, -0.25) is 9.59 Å². The van der Waals surface area contributed by atoms with Gasteiger partial charge in [-0.2, -0.15) is 0 Å². The van der Waals surface area contributed by atoms with Gasteiger partial charge in [0.1, 0.15) is 0 Å². The fourth-order valence-corrected chi connectivity index (χ4v) is 2.20. The minimum absolute atomic E-state index is 0.0772. The molecular formula is C17H18O3. The van der Waals surface area contributed by atoms with Gasteiger partial charge in [-0.1, -0.05) is 43.3 Å². The van der Waals surface area contributed by atoms with Gasteiger partial charge in [0.05, 0.1) is 5.92 Å². The van der Waals surface area contributed by atoms with E-state index in [2.05, 4.69) is 0 Å². The van der Waals surface area contributed by atoms with E-state index in [0.29, 0.717) is 24.8 Å². The van der Waals surface area contributed by atoms with Crippen molar-refractivity contribution in [1.29, 1.82) is 0 Å². The van der Waals surface area contributed by atoms with Crippen LogP contribution in [0, 0.1) is 5.92 Å². The lowest BCUT2D eigenvalue weighted by Gasteiger charge is -2.06. The Morgan fingerprint density at radius 2 is 1.80 bits per heavy atom. The van der Waals surface area contributed by atoms with Crippen molar-refractivity contribution in [1.82, 2.24) is 0 Å². The number of carboxylic acid groups (broad SMARTS) is 1. The highest BCUT2D eigenvalue weighted by atomic mass is 16.4. The average molecular weight is 270 g/mol. The monoisotopic (exact) mass is 270 g/mol. The van der Waals surface area contributed by atoms with Gasteiger partial charge in [-0.15, -0.1) is 0 Å². The standard InChI is InChI=1S/C17H18O3/c1-12(17(19)20)5-4-8-16(18)15-10-9-13-6-2-3-7-14(13)11-15/h2-3,6-7,9-12H,4-5,8H2,1H3,(H,19,20)/t12-/m1/s1. The molecule has 3 nitrogen and oxygen atoms in total. The quantitative estimate of drug-likeness (QED) is 0.809. The zero-order chi connectivity index (χ0) is 14.5. The third kappa shape index (κ3) is 3.44. The number of fused-ring (bicyclic) bond motifs is 1. The number of carbonyl (C=O) groups excluding carboxylic acids is 1. The van der Waals surface area contributed by atoms with Crippen LogP contribution in [-0.4, -0.2) is 16.9 Å². The Morgan fingerprint density at radius 1 is 1.10 bits per heavy atom. The van der Waals surface area contributed by atoms with E-state index < -0.39 is 5.97 Å². The molecule has 0 aliphatic heterocycles. The lowest BCUT2D eigenvalue weighted by atomic mass is 9.98. The molecule has 0 amide bonds. The number of carboxylic acids is 1. The zero-order valence-corrected chi connectivity index (χ0v) is 11.5. The lowest BCUT2D eigenvalue weighted by Crippen LogP contribution is -2.10. The summed E-state index contributed by atoms with van der Waals surface area (Å²) in [4.78, 5) is 22.8. The van der Waals surface area contributed by atoms with Crippen LogP contribution in [0.2, 0.25) is 0 Å². The van der Waals surface area contributed by atoms with Crippen LogP contribution in [0.1, 0.15) is 36.5 Å². The number of Topliss-reactive ketones (excluding diaryl/α,β-unsaturated/α-hetero) is 1. The Hall–Kier alpha value is -2.16. The van der Waals surface area contributed by atoms with Crippen molar-refractivity contribution in [2.45, 2.75) is 26.2 Å². The molecule has 0 fully saturated rings. The molecule has 1 atom stereocenters. The number of aliphatic carboxylic acids is 1. The summed E-state index contributed by atoms with van der Waals surface area (Å²) >= 11 is 0. The van der Waals surface area contributed by atoms with Crippen LogP contribution >= 0.6 is 0 Å². The molecule has 20 heavy (non-hydrogen) atoms. The minimum atomic E-state index is -0.803. The summed E-state index contributed by atoms with van der Waals surface area (Å²) in [6.45, 7) is 1.67. The number of carbonyl (C=O) groups is 2. The van der Waals surface area contributed by atoms with Crippen LogP contribution in [0.25, 0.3) is 10.8 Å². The molecule has 0 heterocycles. The first-order valence-electron chi connectivity index (χ1n) is 6.83. The molecule has 2 rings (SSSR count). The second kappa shape index (κ2) is 6.33. The topological polar surface area (TPSA) is 54.4 Å². The summed E-state index contributed by atoms with van der Waals surface area (Å²) in [5, 5.41) is 11.0. The number of ketones is 1. The van der Waals surface area contributed by atoms with Crippen molar-refractivity contribution in [2.75, 3.05) is 0 Å². The van der Waals surface area contributed by atoms with E-state index in [4.69, 9.17) is 5.11 Å². The van der Waals surface area contributed by atoms with Crippen molar-refractivity contribution < 1.29 is 14.7 Å². The van der Waals surface area contributed by atoms with Crippen LogP contribution in [0.15, 0.2) is 42.5 Å². The molecule has 0 spiro atoms. The lowest BCUT2D eigenvalue weighted by molar-refractivity contribution is -0.141. The molecule has 0 radical (unpaired) electrons. The van der Waals surface area contributed by atoms with E-state index in [-0.39, 0.29) is 11.7 Å². The second-order valence-electron chi connectivity index (χ2n) is 5.12. The van der Waals surface area contributed by atoms with Crippen molar-refractivity contribution in [2.24, 2.45) is 5.92 Å². The van der Waals surface area contributed by atoms with E-state index in [9.17, 15) is 9.59 Å². The Bertz CT molecular complexity index is 631. The fraction of sp³-hybridized carbons (Fsp3) is 0.294. The molecule has 0 aromatic heterocycles. The highest BCUT2D eigenvalue weighted by Crippen LogP contribution is 2.18. The van der Waals surface area contributed by atoms with Gasteiger partial charge in [0.2, 0.25) is 0 Å². The van der Waals surface area contributed by atoms with Crippen molar-refractivity contribution in [3.05, 3.63) is 48.0 Å². The van der Waals surface area contributed by atoms with E-state index in [0.717, 1.165) is 10.8 Å². The summed E-state index contributed by atoms with van der Waals surface area (Å²) < 4.78 is 0. The molecule has 0 aliphatic carbocycles. The first kappa shape index (κ1) is 14.3. The molecule has 1 N–H and O–H groups in total. The zero-order valence-electron chi connectivity index (χ0n) is 11.5. The molecule has 104 valence electrons. The van der Waals surface area contributed by atoms with E-state index in [1.165, 1.54) is 0 Å². The molecule has 0 aliphatic rings. The summed E-state index contributed by atoms with van der Waals surface area (Å²) in [7, 11) is 0. The van der Waals surface area contributed by atoms with Crippen LogP contribution in [-0.2, 0) is 4.79 Å². The van der Waals surface area contributed by atoms with Gasteiger partial charge in [0.25, 0.3) is 0 Å². The van der Waals surface area contributed by atoms with Crippen molar-refractivity contribution >= 4 is 22.5 Å². The minimum Gasteiger partial charge on any atom is -0.481 e. The summed E-state index contributed by atoms with van der Waals surface area (Å²) in [6.07, 6.45) is 1.55. The van der Waals surface area contributed by atoms with Crippen molar-refractivity contribution in [3.8, 4) is 0 Å². The first-order valence-corrected chi connectivity index (χ1v) is 6.83. The molecule has 2 aromatic carbocycles. The Labute approximate surface area is 118 Å². The van der Waals surface area contributed by atoms with Gasteiger partial charge >= 0.3 is 5.97 Å².